The third-order valence-electron chi connectivity index (χ3n) is 3.20. The van der Waals surface area contributed by atoms with Gasteiger partial charge in [-0.05, 0) is 48.4 Å². The van der Waals surface area contributed by atoms with Gasteiger partial charge in [0.15, 0.2) is 0 Å². The number of hydrogen-bond donors (Lipinski definition) is 1. The molecule has 0 bridgehead atoms. The number of amides is 1. The third kappa shape index (κ3) is 6.38. The minimum atomic E-state index is -0.361. The molecule has 0 spiro atoms. The molecular formula is C18H17ClFNO3. The van der Waals surface area contributed by atoms with Crippen molar-refractivity contribution >= 4 is 29.2 Å². The lowest BCUT2D eigenvalue weighted by atomic mass is 10.1. The summed E-state index contributed by atoms with van der Waals surface area (Å²) in [5.41, 5.74) is 1.35. The zero-order chi connectivity index (χ0) is 17.4. The van der Waals surface area contributed by atoms with Crippen molar-refractivity contribution < 1.29 is 18.7 Å². The molecule has 4 nitrogen and oxygen atoms in total. The maximum atomic E-state index is 12.8. The second-order valence-electron chi connectivity index (χ2n) is 5.18. The highest BCUT2D eigenvalue weighted by molar-refractivity contribution is 6.30. The summed E-state index contributed by atoms with van der Waals surface area (Å²) in [6.45, 7) is 0.170. The standard InChI is InChI=1S/C18H17ClFNO3/c19-14-5-3-13(4-6-14)12-18(23)24-11-1-2-17(22)21-16-9-7-15(20)8-10-16/h3-10H,1-2,11-12H2,(H,21,22). The lowest BCUT2D eigenvalue weighted by Crippen LogP contribution is -2.14. The Morgan fingerprint density at radius 2 is 1.71 bits per heavy atom. The van der Waals surface area contributed by atoms with Gasteiger partial charge in [0, 0.05) is 17.1 Å². The Morgan fingerprint density at radius 1 is 1.04 bits per heavy atom. The summed E-state index contributed by atoms with van der Waals surface area (Å²) in [4.78, 5) is 23.4. The second-order valence-corrected chi connectivity index (χ2v) is 5.62. The summed E-state index contributed by atoms with van der Waals surface area (Å²) in [7, 11) is 0. The molecule has 0 aliphatic rings. The zero-order valence-electron chi connectivity index (χ0n) is 12.9. The molecule has 0 radical (unpaired) electrons. The first-order valence-electron chi connectivity index (χ1n) is 7.48. The van der Waals surface area contributed by atoms with Crippen LogP contribution in [0, 0.1) is 5.82 Å². The molecule has 0 saturated heterocycles. The lowest BCUT2D eigenvalue weighted by Gasteiger charge is -2.06. The van der Waals surface area contributed by atoms with E-state index in [4.69, 9.17) is 16.3 Å². The Kier molecular flexibility index (Phi) is 6.75. The first kappa shape index (κ1) is 17.9. The normalized spacial score (nSPS) is 10.2. The predicted molar refractivity (Wildman–Crippen MR) is 90.4 cm³/mol. The maximum absolute atomic E-state index is 12.8. The largest absolute Gasteiger partial charge is 0.465 e. The highest BCUT2D eigenvalue weighted by Crippen LogP contribution is 2.11. The molecule has 0 heterocycles. The summed E-state index contributed by atoms with van der Waals surface area (Å²) < 4.78 is 17.8. The minimum absolute atomic E-state index is 0.166. The monoisotopic (exact) mass is 349 g/mol. The SMILES string of the molecule is O=C(CCCOC(=O)Cc1ccc(Cl)cc1)Nc1ccc(F)cc1. The molecule has 1 N–H and O–H groups in total. The van der Waals surface area contributed by atoms with Crippen molar-refractivity contribution in [1.82, 2.24) is 0 Å². The van der Waals surface area contributed by atoms with Gasteiger partial charge in [-0.3, -0.25) is 9.59 Å². The third-order valence-corrected chi connectivity index (χ3v) is 3.45. The first-order chi connectivity index (χ1) is 11.5. The van der Waals surface area contributed by atoms with Gasteiger partial charge < -0.3 is 10.1 Å². The van der Waals surface area contributed by atoms with Crippen LogP contribution < -0.4 is 5.32 Å². The molecule has 0 aliphatic heterocycles. The van der Waals surface area contributed by atoms with Crippen LogP contribution in [0.3, 0.4) is 0 Å². The van der Waals surface area contributed by atoms with Gasteiger partial charge in [-0.2, -0.15) is 0 Å². The van der Waals surface area contributed by atoms with Crippen molar-refractivity contribution in [1.29, 1.82) is 0 Å². The smallest absolute Gasteiger partial charge is 0.310 e. The highest BCUT2D eigenvalue weighted by Gasteiger charge is 2.07. The van der Waals surface area contributed by atoms with E-state index < -0.39 is 0 Å². The van der Waals surface area contributed by atoms with Crippen LogP contribution in [0.25, 0.3) is 0 Å². The quantitative estimate of drug-likeness (QED) is 0.607. The molecule has 2 aromatic rings. The molecule has 1 amide bonds. The molecule has 126 valence electrons. The Bertz CT molecular complexity index is 625. The summed E-state index contributed by atoms with van der Waals surface area (Å²) in [6.07, 6.45) is 0.796. The van der Waals surface area contributed by atoms with Crippen LogP contribution in [0.2, 0.25) is 5.02 Å². The summed E-state index contributed by atoms with van der Waals surface area (Å²) >= 11 is 5.77. The van der Waals surface area contributed by atoms with Gasteiger partial charge in [0.05, 0.1) is 13.0 Å². The topological polar surface area (TPSA) is 55.4 Å². The predicted octanol–water partition coefficient (Wildman–Crippen LogP) is 3.98. The van der Waals surface area contributed by atoms with Crippen LogP contribution in [-0.2, 0) is 20.7 Å². The molecule has 6 heteroatoms. The van der Waals surface area contributed by atoms with E-state index in [1.165, 1.54) is 24.3 Å². The van der Waals surface area contributed by atoms with Crippen molar-refractivity contribution in [2.45, 2.75) is 19.3 Å². The van der Waals surface area contributed by atoms with E-state index in [0.717, 1.165) is 5.56 Å². The summed E-state index contributed by atoms with van der Waals surface area (Å²) in [5.74, 6) is -0.924. The van der Waals surface area contributed by atoms with Crippen molar-refractivity contribution in [3.8, 4) is 0 Å². The van der Waals surface area contributed by atoms with Gasteiger partial charge in [0.2, 0.25) is 5.91 Å². The van der Waals surface area contributed by atoms with E-state index in [1.807, 2.05) is 0 Å². The van der Waals surface area contributed by atoms with Gasteiger partial charge in [0.1, 0.15) is 5.82 Å². The van der Waals surface area contributed by atoms with Crippen molar-refractivity contribution in [3.63, 3.8) is 0 Å². The maximum Gasteiger partial charge on any atom is 0.310 e. The number of halogens is 2. The number of rotatable bonds is 7. The molecule has 0 aliphatic carbocycles. The van der Waals surface area contributed by atoms with Gasteiger partial charge in [-0.1, -0.05) is 23.7 Å². The van der Waals surface area contributed by atoms with Crippen LogP contribution in [0.4, 0.5) is 10.1 Å². The number of carbonyl (C=O) groups excluding carboxylic acids is 2. The number of nitrogens with one attached hydrogen (secondary N) is 1. The minimum Gasteiger partial charge on any atom is -0.465 e. The van der Waals surface area contributed by atoms with E-state index >= 15 is 0 Å². The van der Waals surface area contributed by atoms with E-state index in [1.54, 1.807) is 24.3 Å². The summed E-state index contributed by atoms with van der Waals surface area (Å²) in [6, 6.07) is 12.5. The molecule has 2 aromatic carbocycles. The van der Waals surface area contributed by atoms with E-state index in [2.05, 4.69) is 5.32 Å². The van der Waals surface area contributed by atoms with Crippen LogP contribution >= 0.6 is 11.6 Å². The summed E-state index contributed by atoms with van der Waals surface area (Å²) in [5, 5.41) is 3.25. The average molecular weight is 350 g/mol. The van der Waals surface area contributed by atoms with Crippen molar-refractivity contribution in [2.24, 2.45) is 0 Å². The lowest BCUT2D eigenvalue weighted by molar-refractivity contribution is -0.143. The van der Waals surface area contributed by atoms with E-state index in [0.29, 0.717) is 17.1 Å². The fourth-order valence-corrected chi connectivity index (χ4v) is 2.12. The Labute approximate surface area is 144 Å². The fourth-order valence-electron chi connectivity index (χ4n) is 2.00. The molecule has 0 aromatic heterocycles. The van der Waals surface area contributed by atoms with Crippen molar-refractivity contribution in [2.75, 3.05) is 11.9 Å². The number of ether oxygens (including phenoxy) is 1. The zero-order valence-corrected chi connectivity index (χ0v) is 13.7. The average Bonchev–Trinajstić information content (AvgIpc) is 2.56. The van der Waals surface area contributed by atoms with Gasteiger partial charge >= 0.3 is 5.97 Å². The van der Waals surface area contributed by atoms with Crippen LogP contribution in [-0.4, -0.2) is 18.5 Å². The number of carbonyl (C=O) groups is 2. The Hall–Kier alpha value is -2.40. The van der Waals surface area contributed by atoms with Crippen LogP contribution in [0.5, 0.6) is 0 Å². The molecule has 0 unspecified atom stereocenters. The number of benzene rings is 2. The van der Waals surface area contributed by atoms with Gasteiger partial charge in [-0.15, -0.1) is 0 Å². The van der Waals surface area contributed by atoms with Crippen LogP contribution in [0.1, 0.15) is 18.4 Å². The number of esters is 1. The Morgan fingerprint density at radius 3 is 2.38 bits per heavy atom. The molecule has 24 heavy (non-hydrogen) atoms. The van der Waals surface area contributed by atoms with Gasteiger partial charge in [0.25, 0.3) is 0 Å². The van der Waals surface area contributed by atoms with E-state index in [9.17, 15) is 14.0 Å². The molecule has 0 fully saturated rings. The number of hydrogen-bond acceptors (Lipinski definition) is 3. The molecule has 0 atom stereocenters. The first-order valence-corrected chi connectivity index (χ1v) is 7.86. The molecule has 0 saturated carbocycles. The second kappa shape index (κ2) is 9.03. The van der Waals surface area contributed by atoms with Crippen molar-refractivity contribution in [3.05, 3.63) is 64.9 Å². The highest BCUT2D eigenvalue weighted by atomic mass is 35.5. The van der Waals surface area contributed by atoms with Crippen LogP contribution in [0.15, 0.2) is 48.5 Å². The fraction of sp³-hybridized carbons (Fsp3) is 0.222. The molecular weight excluding hydrogens is 333 g/mol. The van der Waals surface area contributed by atoms with E-state index in [-0.39, 0.29) is 37.1 Å². The molecule has 2 rings (SSSR count). The van der Waals surface area contributed by atoms with Gasteiger partial charge in [-0.25, -0.2) is 4.39 Å². The Balaban J connectivity index is 1.63. The number of anilines is 1.